The lowest BCUT2D eigenvalue weighted by atomic mass is 9.92. The largest absolute Gasteiger partial charge is 0.494 e. The van der Waals surface area contributed by atoms with Crippen LogP contribution < -0.4 is 10.1 Å². The van der Waals surface area contributed by atoms with Crippen LogP contribution in [0.4, 0.5) is 0 Å². The van der Waals surface area contributed by atoms with E-state index in [1.807, 2.05) is 6.92 Å². The molecule has 0 aliphatic carbocycles. The van der Waals surface area contributed by atoms with Gasteiger partial charge in [0.25, 0.3) is 0 Å². The van der Waals surface area contributed by atoms with Crippen molar-refractivity contribution in [2.45, 2.75) is 33.2 Å². The third-order valence-corrected chi connectivity index (χ3v) is 5.64. The van der Waals surface area contributed by atoms with Crippen LogP contribution in [0, 0.1) is 13.8 Å². The molecule has 2 heterocycles. The number of hydrogen-bond donors (Lipinski definition) is 2. The highest BCUT2D eigenvalue weighted by molar-refractivity contribution is 9.10. The average Bonchev–Trinajstić information content (AvgIpc) is 2.96. The van der Waals surface area contributed by atoms with Crippen LogP contribution in [0.3, 0.4) is 0 Å². The Bertz CT molecular complexity index is 945. The molecular formula is C21H23BrN2O. The molecule has 1 aromatic heterocycles. The predicted molar refractivity (Wildman–Crippen MR) is 107 cm³/mol. The van der Waals surface area contributed by atoms with Gasteiger partial charge in [-0.25, -0.2) is 0 Å². The first-order valence-electron chi connectivity index (χ1n) is 8.85. The number of hydrogen-bond acceptors (Lipinski definition) is 2. The monoisotopic (exact) mass is 398 g/mol. The van der Waals surface area contributed by atoms with Gasteiger partial charge in [-0.15, -0.1) is 0 Å². The van der Waals surface area contributed by atoms with Gasteiger partial charge in [0, 0.05) is 33.2 Å². The zero-order chi connectivity index (χ0) is 17.6. The Kier molecular flexibility index (Phi) is 4.34. The molecule has 1 unspecified atom stereocenters. The molecule has 0 amide bonds. The number of benzene rings is 2. The van der Waals surface area contributed by atoms with Crippen LogP contribution in [0.15, 0.2) is 34.8 Å². The zero-order valence-electron chi connectivity index (χ0n) is 14.9. The van der Waals surface area contributed by atoms with Crippen LogP contribution in [0.25, 0.3) is 10.9 Å². The van der Waals surface area contributed by atoms with Crippen molar-refractivity contribution in [2.24, 2.45) is 0 Å². The van der Waals surface area contributed by atoms with Gasteiger partial charge in [0.2, 0.25) is 0 Å². The van der Waals surface area contributed by atoms with Gasteiger partial charge in [0.1, 0.15) is 5.75 Å². The molecule has 0 fully saturated rings. The Balaban J connectivity index is 1.89. The highest BCUT2D eigenvalue weighted by Gasteiger charge is 2.27. The second-order valence-electron chi connectivity index (χ2n) is 6.75. The summed E-state index contributed by atoms with van der Waals surface area (Å²) >= 11 is 3.61. The molecule has 130 valence electrons. The van der Waals surface area contributed by atoms with Crippen molar-refractivity contribution >= 4 is 26.8 Å². The number of rotatable bonds is 3. The van der Waals surface area contributed by atoms with Crippen LogP contribution in [-0.2, 0) is 6.42 Å². The van der Waals surface area contributed by atoms with Crippen molar-refractivity contribution in [2.75, 3.05) is 13.2 Å². The van der Waals surface area contributed by atoms with Gasteiger partial charge in [-0.2, -0.15) is 0 Å². The molecule has 4 heteroatoms. The van der Waals surface area contributed by atoms with Crippen molar-refractivity contribution in [3.05, 3.63) is 62.8 Å². The number of aromatic nitrogens is 1. The summed E-state index contributed by atoms with van der Waals surface area (Å²) in [5.41, 5.74) is 7.67. The van der Waals surface area contributed by atoms with Gasteiger partial charge < -0.3 is 15.0 Å². The van der Waals surface area contributed by atoms with Gasteiger partial charge in [0.15, 0.2) is 0 Å². The Labute approximate surface area is 156 Å². The lowest BCUT2D eigenvalue weighted by Crippen LogP contribution is -2.31. The number of H-pyrrole nitrogens is 1. The minimum Gasteiger partial charge on any atom is -0.494 e. The van der Waals surface area contributed by atoms with Crippen LogP contribution >= 0.6 is 15.9 Å². The molecule has 0 saturated heterocycles. The fraction of sp³-hybridized carbons (Fsp3) is 0.333. The van der Waals surface area contributed by atoms with Gasteiger partial charge >= 0.3 is 0 Å². The van der Waals surface area contributed by atoms with E-state index in [2.05, 4.69) is 70.4 Å². The van der Waals surface area contributed by atoms with Crippen LogP contribution in [0.2, 0.25) is 0 Å². The van der Waals surface area contributed by atoms with E-state index in [1.165, 1.54) is 38.9 Å². The van der Waals surface area contributed by atoms with E-state index in [4.69, 9.17) is 4.74 Å². The molecule has 4 rings (SSSR count). The molecule has 2 aromatic carbocycles. The summed E-state index contributed by atoms with van der Waals surface area (Å²) in [6.45, 7) is 7.99. The van der Waals surface area contributed by atoms with E-state index in [9.17, 15) is 0 Å². The number of fused-ring (bicyclic) bond motifs is 3. The lowest BCUT2D eigenvalue weighted by molar-refractivity contribution is 0.332. The molecule has 0 bridgehead atoms. The summed E-state index contributed by atoms with van der Waals surface area (Å²) in [6, 6.07) is 11.0. The van der Waals surface area contributed by atoms with E-state index in [0.29, 0.717) is 6.61 Å². The van der Waals surface area contributed by atoms with E-state index >= 15 is 0 Å². The normalized spacial score (nSPS) is 16.9. The molecule has 0 saturated carbocycles. The van der Waals surface area contributed by atoms with E-state index in [1.54, 1.807) is 0 Å². The van der Waals surface area contributed by atoms with Crippen molar-refractivity contribution < 1.29 is 4.74 Å². The minimum absolute atomic E-state index is 0.135. The summed E-state index contributed by atoms with van der Waals surface area (Å²) in [6.07, 6.45) is 1.04. The topological polar surface area (TPSA) is 37.0 Å². The predicted octanol–water partition coefficient (Wildman–Crippen LogP) is 5.18. The fourth-order valence-electron chi connectivity index (χ4n) is 3.78. The van der Waals surface area contributed by atoms with E-state index < -0.39 is 0 Å². The molecule has 2 N–H and O–H groups in total. The fourth-order valence-corrected chi connectivity index (χ4v) is 4.14. The Hall–Kier alpha value is -1.78. The molecule has 3 aromatic rings. The van der Waals surface area contributed by atoms with E-state index in [0.717, 1.165) is 23.2 Å². The zero-order valence-corrected chi connectivity index (χ0v) is 16.5. The number of aromatic amines is 1. The van der Waals surface area contributed by atoms with Gasteiger partial charge in [-0.05, 0) is 68.1 Å². The quantitative estimate of drug-likeness (QED) is 0.637. The number of nitrogens with one attached hydrogen (secondary N) is 2. The summed E-state index contributed by atoms with van der Waals surface area (Å²) in [5, 5.41) is 5.01. The smallest absolute Gasteiger partial charge is 0.124 e. The van der Waals surface area contributed by atoms with Crippen molar-refractivity contribution in [1.82, 2.24) is 10.3 Å². The molecule has 25 heavy (non-hydrogen) atoms. The average molecular weight is 399 g/mol. The molecule has 3 nitrogen and oxygen atoms in total. The van der Waals surface area contributed by atoms with E-state index in [-0.39, 0.29) is 6.04 Å². The number of halogens is 1. The summed E-state index contributed by atoms with van der Waals surface area (Å²) < 4.78 is 7.10. The summed E-state index contributed by atoms with van der Waals surface area (Å²) in [4.78, 5) is 3.66. The number of aryl methyl sites for hydroxylation is 2. The Morgan fingerprint density at radius 2 is 1.96 bits per heavy atom. The standard InChI is InChI=1S/C21H23BrN2O/c1-4-25-19-10-13(3)12(2)9-17(19)20-21-15(7-8-23-20)16-11-14(22)5-6-18(16)24-21/h5-6,9-11,20,23-24H,4,7-8H2,1-3H3. The maximum absolute atomic E-state index is 5.97. The van der Waals surface area contributed by atoms with Crippen molar-refractivity contribution in [3.8, 4) is 5.75 Å². The lowest BCUT2D eigenvalue weighted by Gasteiger charge is -2.27. The molecule has 1 aliphatic heterocycles. The first kappa shape index (κ1) is 16.7. The molecule has 1 aliphatic rings. The van der Waals surface area contributed by atoms with Gasteiger partial charge in [0.05, 0.1) is 12.6 Å². The first-order chi connectivity index (χ1) is 12.1. The summed E-state index contributed by atoms with van der Waals surface area (Å²) in [7, 11) is 0. The van der Waals surface area contributed by atoms with Crippen LogP contribution in [-0.4, -0.2) is 18.1 Å². The highest BCUT2D eigenvalue weighted by atomic mass is 79.9. The molecule has 1 atom stereocenters. The second kappa shape index (κ2) is 6.50. The van der Waals surface area contributed by atoms with Crippen molar-refractivity contribution in [1.29, 1.82) is 0 Å². The van der Waals surface area contributed by atoms with Crippen molar-refractivity contribution in [3.63, 3.8) is 0 Å². The van der Waals surface area contributed by atoms with Crippen LogP contribution in [0.5, 0.6) is 5.75 Å². The molecule has 0 radical (unpaired) electrons. The highest BCUT2D eigenvalue weighted by Crippen LogP contribution is 2.38. The third-order valence-electron chi connectivity index (χ3n) is 5.15. The third kappa shape index (κ3) is 2.87. The summed E-state index contributed by atoms with van der Waals surface area (Å²) in [5.74, 6) is 0.982. The molecular weight excluding hydrogens is 376 g/mol. The maximum atomic E-state index is 5.97. The molecule has 0 spiro atoms. The Morgan fingerprint density at radius 3 is 2.76 bits per heavy atom. The second-order valence-corrected chi connectivity index (χ2v) is 7.67. The Morgan fingerprint density at radius 1 is 1.16 bits per heavy atom. The number of ether oxygens (including phenoxy) is 1. The minimum atomic E-state index is 0.135. The van der Waals surface area contributed by atoms with Gasteiger partial charge in [-0.1, -0.05) is 22.0 Å². The maximum Gasteiger partial charge on any atom is 0.124 e. The van der Waals surface area contributed by atoms with Crippen LogP contribution in [0.1, 0.15) is 40.9 Å². The van der Waals surface area contributed by atoms with Gasteiger partial charge in [-0.3, -0.25) is 0 Å². The first-order valence-corrected chi connectivity index (χ1v) is 9.65. The SMILES string of the molecule is CCOc1cc(C)c(C)cc1C1NCCc2c1[nH]c1ccc(Br)cc21.